The molecule has 1 unspecified atom stereocenters. The molecular weight excluding hydrogens is 208 g/mol. The predicted molar refractivity (Wildman–Crippen MR) is 67.3 cm³/mol. The summed E-state index contributed by atoms with van der Waals surface area (Å²) in [4.78, 5) is 2.57. The number of nitrogens with zero attached hydrogens (tertiary/aromatic N) is 1. The molecule has 1 N–H and O–H groups in total. The largest absolute Gasteiger partial charge is 0.313 e. The first kappa shape index (κ1) is 13.0. The highest BCUT2D eigenvalue weighted by atomic mass is 35.5. The molecule has 15 heavy (non-hydrogen) atoms. The molecule has 0 aliphatic carbocycles. The average molecular weight is 231 g/mol. The van der Waals surface area contributed by atoms with Gasteiger partial charge in [0, 0.05) is 18.6 Å². The van der Waals surface area contributed by atoms with Crippen molar-refractivity contribution in [3.8, 4) is 0 Å². The molecule has 0 aromatic carbocycles. The molecular formula is C12H23ClN2. The molecule has 0 aromatic rings. The topological polar surface area (TPSA) is 15.3 Å². The summed E-state index contributed by atoms with van der Waals surface area (Å²) in [6, 6.07) is 0. The number of hydrogen-bond acceptors (Lipinski definition) is 2. The van der Waals surface area contributed by atoms with Crippen LogP contribution in [0, 0.1) is 5.92 Å². The number of nitrogens with one attached hydrogen (secondary N) is 1. The summed E-state index contributed by atoms with van der Waals surface area (Å²) in [5, 5.41) is 3.43. The lowest BCUT2D eigenvalue weighted by Crippen LogP contribution is -2.32. The molecule has 0 saturated carbocycles. The van der Waals surface area contributed by atoms with Gasteiger partial charge in [0.25, 0.3) is 0 Å². The van der Waals surface area contributed by atoms with E-state index in [-0.39, 0.29) is 0 Å². The third kappa shape index (κ3) is 5.55. The Balaban J connectivity index is 2.05. The highest BCUT2D eigenvalue weighted by Gasteiger charge is 2.13. The van der Waals surface area contributed by atoms with Crippen molar-refractivity contribution in [2.24, 2.45) is 5.92 Å². The van der Waals surface area contributed by atoms with Crippen LogP contribution in [0.3, 0.4) is 0 Å². The highest BCUT2D eigenvalue weighted by molar-refractivity contribution is 6.25. The Morgan fingerprint density at radius 3 is 2.73 bits per heavy atom. The minimum atomic E-state index is 0.728. The van der Waals surface area contributed by atoms with Gasteiger partial charge in [-0.1, -0.05) is 18.5 Å². The zero-order valence-electron chi connectivity index (χ0n) is 9.93. The van der Waals surface area contributed by atoms with Crippen molar-refractivity contribution in [1.82, 2.24) is 10.2 Å². The molecule has 1 aliphatic heterocycles. The van der Waals surface area contributed by atoms with Gasteiger partial charge >= 0.3 is 0 Å². The third-order valence-electron chi connectivity index (χ3n) is 2.85. The smallest absolute Gasteiger partial charge is 0.0173 e. The lowest BCUT2D eigenvalue weighted by Gasteiger charge is -2.20. The maximum atomic E-state index is 5.59. The molecule has 0 radical (unpaired) electrons. The summed E-state index contributed by atoms with van der Waals surface area (Å²) < 4.78 is 0. The minimum Gasteiger partial charge on any atom is -0.313 e. The maximum Gasteiger partial charge on any atom is 0.0173 e. The third-order valence-corrected chi connectivity index (χ3v) is 3.22. The van der Waals surface area contributed by atoms with Gasteiger partial charge in [-0.05, 0) is 50.9 Å². The number of likely N-dealkylation sites (tertiary alicyclic amines) is 1. The van der Waals surface area contributed by atoms with Crippen molar-refractivity contribution < 1.29 is 0 Å². The standard InChI is InChI=1S/C12H23ClN2/c1-11(7-13)8-14-9-12(2)10-15-5-3-4-6-15/h7,12,14H,3-6,8-10H2,1-2H3. The van der Waals surface area contributed by atoms with Crippen LogP contribution in [0.15, 0.2) is 11.1 Å². The van der Waals surface area contributed by atoms with E-state index in [0.717, 1.165) is 19.0 Å². The summed E-state index contributed by atoms with van der Waals surface area (Å²) >= 11 is 5.59. The molecule has 0 amide bonds. The second-order valence-corrected chi connectivity index (χ2v) is 4.92. The maximum absolute atomic E-state index is 5.59. The van der Waals surface area contributed by atoms with Crippen LogP contribution in [0.1, 0.15) is 26.7 Å². The molecule has 0 aromatic heterocycles. The van der Waals surface area contributed by atoms with Gasteiger partial charge < -0.3 is 10.2 Å². The summed E-state index contributed by atoms with van der Waals surface area (Å²) in [5.74, 6) is 0.728. The summed E-state index contributed by atoms with van der Waals surface area (Å²) in [6.45, 7) is 10.2. The summed E-state index contributed by atoms with van der Waals surface area (Å²) in [6.07, 6.45) is 2.77. The number of hydrogen-bond donors (Lipinski definition) is 1. The van der Waals surface area contributed by atoms with E-state index in [1.54, 1.807) is 5.54 Å². The van der Waals surface area contributed by atoms with Gasteiger partial charge in [-0.3, -0.25) is 0 Å². The van der Waals surface area contributed by atoms with E-state index in [4.69, 9.17) is 11.6 Å². The summed E-state index contributed by atoms with van der Waals surface area (Å²) in [5.41, 5.74) is 2.85. The molecule has 0 bridgehead atoms. The SMILES string of the molecule is CC(=CCl)CNCC(C)CN1CCCC1. The molecule has 1 rings (SSSR count). The van der Waals surface area contributed by atoms with Crippen LogP contribution >= 0.6 is 11.6 Å². The Morgan fingerprint density at radius 2 is 2.13 bits per heavy atom. The van der Waals surface area contributed by atoms with Crippen LogP contribution in [0.25, 0.3) is 0 Å². The van der Waals surface area contributed by atoms with Gasteiger partial charge in [0.1, 0.15) is 0 Å². The van der Waals surface area contributed by atoms with Gasteiger partial charge in [0.15, 0.2) is 0 Å². The van der Waals surface area contributed by atoms with Gasteiger partial charge in [0.05, 0.1) is 0 Å². The van der Waals surface area contributed by atoms with E-state index in [9.17, 15) is 0 Å². The van der Waals surface area contributed by atoms with Crippen LogP contribution in [-0.4, -0.2) is 37.6 Å². The molecule has 88 valence electrons. The first-order valence-electron chi connectivity index (χ1n) is 5.91. The van der Waals surface area contributed by atoms with Crippen molar-refractivity contribution in [2.75, 3.05) is 32.7 Å². The van der Waals surface area contributed by atoms with E-state index in [1.807, 2.05) is 6.92 Å². The fourth-order valence-electron chi connectivity index (χ4n) is 2.02. The molecule has 1 saturated heterocycles. The van der Waals surface area contributed by atoms with Crippen molar-refractivity contribution in [3.63, 3.8) is 0 Å². The highest BCUT2D eigenvalue weighted by Crippen LogP contribution is 2.09. The molecule has 0 spiro atoms. The quantitative estimate of drug-likeness (QED) is 0.754. The first-order valence-corrected chi connectivity index (χ1v) is 6.35. The lowest BCUT2D eigenvalue weighted by atomic mass is 10.1. The van der Waals surface area contributed by atoms with Gasteiger partial charge in [0.2, 0.25) is 0 Å². The Hall–Kier alpha value is -0.0500. The Kier molecular flexibility index (Phi) is 6.30. The minimum absolute atomic E-state index is 0.728. The van der Waals surface area contributed by atoms with Crippen molar-refractivity contribution >= 4 is 11.6 Å². The summed E-state index contributed by atoms with van der Waals surface area (Å²) in [7, 11) is 0. The van der Waals surface area contributed by atoms with Crippen LogP contribution in [0.2, 0.25) is 0 Å². The van der Waals surface area contributed by atoms with Crippen LogP contribution in [-0.2, 0) is 0 Å². The van der Waals surface area contributed by atoms with Gasteiger partial charge in [-0.15, -0.1) is 0 Å². The normalized spacial score (nSPS) is 20.9. The monoisotopic (exact) mass is 230 g/mol. The fourth-order valence-corrected chi connectivity index (χ4v) is 2.10. The Bertz CT molecular complexity index is 198. The average Bonchev–Trinajstić information content (AvgIpc) is 2.70. The van der Waals surface area contributed by atoms with E-state index >= 15 is 0 Å². The molecule has 1 heterocycles. The van der Waals surface area contributed by atoms with Crippen molar-refractivity contribution in [2.45, 2.75) is 26.7 Å². The van der Waals surface area contributed by atoms with Crippen LogP contribution < -0.4 is 5.32 Å². The molecule has 3 heteroatoms. The second-order valence-electron chi connectivity index (χ2n) is 4.70. The second kappa shape index (κ2) is 7.26. The molecule has 1 atom stereocenters. The number of halogens is 1. The van der Waals surface area contributed by atoms with E-state index in [0.29, 0.717) is 0 Å². The van der Waals surface area contributed by atoms with E-state index in [1.165, 1.54) is 38.0 Å². The van der Waals surface area contributed by atoms with Crippen LogP contribution in [0.5, 0.6) is 0 Å². The molecule has 1 fully saturated rings. The fraction of sp³-hybridized carbons (Fsp3) is 0.833. The Morgan fingerprint density at radius 1 is 1.47 bits per heavy atom. The Labute approximate surface area is 98.7 Å². The zero-order chi connectivity index (χ0) is 11.1. The van der Waals surface area contributed by atoms with Crippen molar-refractivity contribution in [1.29, 1.82) is 0 Å². The van der Waals surface area contributed by atoms with Gasteiger partial charge in [-0.25, -0.2) is 0 Å². The van der Waals surface area contributed by atoms with Crippen LogP contribution in [0.4, 0.5) is 0 Å². The van der Waals surface area contributed by atoms with E-state index in [2.05, 4.69) is 17.1 Å². The molecule has 1 aliphatic rings. The molecule has 2 nitrogen and oxygen atoms in total. The van der Waals surface area contributed by atoms with Crippen molar-refractivity contribution in [3.05, 3.63) is 11.1 Å². The predicted octanol–water partition coefficient (Wildman–Crippen LogP) is 2.45. The zero-order valence-corrected chi connectivity index (χ0v) is 10.7. The van der Waals surface area contributed by atoms with E-state index < -0.39 is 0 Å². The first-order chi connectivity index (χ1) is 7.22. The van der Waals surface area contributed by atoms with Gasteiger partial charge in [-0.2, -0.15) is 0 Å². The lowest BCUT2D eigenvalue weighted by molar-refractivity contribution is 0.284. The number of rotatable bonds is 6.